The highest BCUT2D eigenvalue weighted by Gasteiger charge is 2.15. The maximum Gasteiger partial charge on any atom is 0.234 e. The molecular weight excluding hydrogens is 316 g/mol. The van der Waals surface area contributed by atoms with E-state index >= 15 is 0 Å². The van der Waals surface area contributed by atoms with E-state index < -0.39 is 0 Å². The highest BCUT2D eigenvalue weighted by Crippen LogP contribution is 2.14. The van der Waals surface area contributed by atoms with Gasteiger partial charge in [0.25, 0.3) is 0 Å². The molecule has 0 saturated heterocycles. The van der Waals surface area contributed by atoms with Crippen LogP contribution in [0.5, 0.6) is 0 Å². The summed E-state index contributed by atoms with van der Waals surface area (Å²) < 4.78 is 1.98. The number of hydrogen-bond acceptors (Lipinski definition) is 4. The average molecular weight is 344 g/mol. The SMILES string of the molecule is Cc1nn(Cc2ccccc2)c(C)c1CNC(=O)CN(C)C(C)CO. The van der Waals surface area contributed by atoms with Crippen molar-refractivity contribution in [2.75, 3.05) is 20.2 Å². The Bertz CT molecular complexity index is 697. The second kappa shape index (κ2) is 8.78. The van der Waals surface area contributed by atoms with Gasteiger partial charge in [-0.15, -0.1) is 0 Å². The van der Waals surface area contributed by atoms with E-state index in [0.29, 0.717) is 6.54 Å². The van der Waals surface area contributed by atoms with Gasteiger partial charge in [-0.3, -0.25) is 14.4 Å². The quantitative estimate of drug-likeness (QED) is 0.761. The Morgan fingerprint density at radius 2 is 2.00 bits per heavy atom. The molecule has 1 unspecified atom stereocenters. The van der Waals surface area contributed by atoms with Crippen molar-refractivity contribution in [3.63, 3.8) is 0 Å². The first kappa shape index (κ1) is 19.1. The number of aliphatic hydroxyl groups is 1. The van der Waals surface area contributed by atoms with Crippen molar-refractivity contribution in [1.82, 2.24) is 20.0 Å². The molecule has 1 aromatic heterocycles. The third kappa shape index (κ3) is 5.14. The van der Waals surface area contributed by atoms with Crippen LogP contribution in [0.2, 0.25) is 0 Å². The van der Waals surface area contributed by atoms with E-state index in [0.717, 1.165) is 23.5 Å². The molecule has 0 radical (unpaired) electrons. The molecule has 25 heavy (non-hydrogen) atoms. The van der Waals surface area contributed by atoms with Gasteiger partial charge in [0, 0.05) is 23.8 Å². The minimum Gasteiger partial charge on any atom is -0.395 e. The molecule has 1 aromatic carbocycles. The first-order valence-electron chi connectivity index (χ1n) is 8.57. The Balaban J connectivity index is 1.97. The fourth-order valence-corrected chi connectivity index (χ4v) is 2.66. The van der Waals surface area contributed by atoms with Crippen LogP contribution in [0.3, 0.4) is 0 Å². The summed E-state index contributed by atoms with van der Waals surface area (Å²) in [5.41, 5.74) is 4.26. The molecule has 0 aliphatic rings. The van der Waals surface area contributed by atoms with Crippen LogP contribution in [0.1, 0.15) is 29.4 Å². The molecule has 2 aromatic rings. The Morgan fingerprint density at radius 1 is 1.32 bits per heavy atom. The third-order valence-electron chi connectivity index (χ3n) is 4.58. The number of nitrogens with one attached hydrogen (secondary N) is 1. The van der Waals surface area contributed by atoms with Crippen molar-refractivity contribution < 1.29 is 9.90 Å². The highest BCUT2D eigenvalue weighted by molar-refractivity contribution is 5.78. The lowest BCUT2D eigenvalue weighted by molar-refractivity contribution is -0.122. The summed E-state index contributed by atoms with van der Waals surface area (Å²) in [5.74, 6) is -0.0580. The monoisotopic (exact) mass is 344 g/mol. The van der Waals surface area contributed by atoms with Crippen LogP contribution in [-0.4, -0.2) is 51.9 Å². The van der Waals surface area contributed by atoms with Crippen LogP contribution in [-0.2, 0) is 17.9 Å². The number of carbonyl (C=O) groups is 1. The molecule has 6 heteroatoms. The Morgan fingerprint density at radius 3 is 2.64 bits per heavy atom. The standard InChI is InChI=1S/C19H28N4O2/c1-14(13-24)22(4)12-19(25)20-10-18-15(2)21-23(16(18)3)11-17-8-6-5-7-9-17/h5-9,14,24H,10-13H2,1-4H3,(H,20,25). The summed E-state index contributed by atoms with van der Waals surface area (Å²) in [4.78, 5) is 13.9. The van der Waals surface area contributed by atoms with Gasteiger partial charge in [-0.2, -0.15) is 5.10 Å². The zero-order valence-electron chi connectivity index (χ0n) is 15.5. The molecule has 0 aliphatic carbocycles. The van der Waals surface area contributed by atoms with Crippen LogP contribution in [0, 0.1) is 13.8 Å². The summed E-state index contributed by atoms with van der Waals surface area (Å²) in [7, 11) is 1.83. The number of likely N-dealkylation sites (N-methyl/N-ethyl adjacent to an activating group) is 1. The molecular formula is C19H28N4O2. The van der Waals surface area contributed by atoms with Crippen molar-refractivity contribution >= 4 is 5.91 Å². The van der Waals surface area contributed by atoms with E-state index in [9.17, 15) is 4.79 Å². The van der Waals surface area contributed by atoms with Crippen molar-refractivity contribution in [3.8, 4) is 0 Å². The maximum absolute atomic E-state index is 12.1. The number of hydrogen-bond donors (Lipinski definition) is 2. The molecule has 136 valence electrons. The van der Waals surface area contributed by atoms with Gasteiger partial charge < -0.3 is 10.4 Å². The van der Waals surface area contributed by atoms with Gasteiger partial charge in [-0.25, -0.2) is 0 Å². The van der Waals surface area contributed by atoms with E-state index in [1.54, 1.807) is 0 Å². The topological polar surface area (TPSA) is 70.4 Å². The van der Waals surface area contributed by atoms with Gasteiger partial charge >= 0.3 is 0 Å². The van der Waals surface area contributed by atoms with Crippen molar-refractivity contribution in [2.24, 2.45) is 0 Å². The first-order valence-corrected chi connectivity index (χ1v) is 8.57. The van der Waals surface area contributed by atoms with E-state index in [1.807, 2.05) is 55.6 Å². The molecule has 2 N–H and O–H groups in total. The van der Waals surface area contributed by atoms with Crippen LogP contribution in [0.4, 0.5) is 0 Å². The molecule has 6 nitrogen and oxygen atoms in total. The predicted molar refractivity (Wildman–Crippen MR) is 98.3 cm³/mol. The molecule has 2 rings (SSSR count). The fourth-order valence-electron chi connectivity index (χ4n) is 2.66. The lowest BCUT2D eigenvalue weighted by Gasteiger charge is -2.22. The van der Waals surface area contributed by atoms with Gasteiger partial charge in [0.1, 0.15) is 0 Å². The highest BCUT2D eigenvalue weighted by atomic mass is 16.3. The van der Waals surface area contributed by atoms with Crippen LogP contribution in [0.25, 0.3) is 0 Å². The average Bonchev–Trinajstić information content (AvgIpc) is 2.86. The molecule has 0 fully saturated rings. The van der Waals surface area contributed by atoms with Gasteiger partial charge in [0.2, 0.25) is 5.91 Å². The summed E-state index contributed by atoms with van der Waals surface area (Å²) in [5, 5.41) is 16.7. The normalized spacial score (nSPS) is 12.4. The number of nitrogens with zero attached hydrogens (tertiary/aromatic N) is 3. The number of aromatic nitrogens is 2. The van der Waals surface area contributed by atoms with Gasteiger partial charge in [0.15, 0.2) is 0 Å². The summed E-state index contributed by atoms with van der Waals surface area (Å²) >= 11 is 0. The zero-order chi connectivity index (χ0) is 18.4. The second-order valence-corrected chi connectivity index (χ2v) is 6.52. The fraction of sp³-hybridized carbons (Fsp3) is 0.474. The van der Waals surface area contributed by atoms with Crippen LogP contribution in [0.15, 0.2) is 30.3 Å². The summed E-state index contributed by atoms with van der Waals surface area (Å²) in [6, 6.07) is 10.2. The van der Waals surface area contributed by atoms with Crippen LogP contribution < -0.4 is 5.32 Å². The molecule has 1 atom stereocenters. The Labute approximate surface area is 149 Å². The molecule has 0 spiro atoms. The number of rotatable bonds is 8. The Hall–Kier alpha value is -2.18. The molecule has 1 amide bonds. The van der Waals surface area contributed by atoms with E-state index in [1.165, 1.54) is 5.56 Å². The van der Waals surface area contributed by atoms with Crippen molar-refractivity contribution in [1.29, 1.82) is 0 Å². The Kier molecular flexibility index (Phi) is 6.73. The van der Waals surface area contributed by atoms with Gasteiger partial charge in [-0.05, 0) is 33.4 Å². The first-order chi connectivity index (χ1) is 11.9. The number of carbonyl (C=O) groups excluding carboxylic acids is 1. The largest absolute Gasteiger partial charge is 0.395 e. The molecule has 0 aliphatic heterocycles. The smallest absolute Gasteiger partial charge is 0.234 e. The van der Waals surface area contributed by atoms with Gasteiger partial charge in [-0.1, -0.05) is 30.3 Å². The molecule has 1 heterocycles. The van der Waals surface area contributed by atoms with Crippen molar-refractivity contribution in [3.05, 3.63) is 52.8 Å². The van der Waals surface area contributed by atoms with E-state index in [4.69, 9.17) is 5.11 Å². The summed E-state index contributed by atoms with van der Waals surface area (Å²) in [6.07, 6.45) is 0. The van der Waals surface area contributed by atoms with Crippen molar-refractivity contribution in [2.45, 2.75) is 39.9 Å². The summed E-state index contributed by atoms with van der Waals surface area (Å²) in [6.45, 7) is 7.37. The minimum atomic E-state index is -0.0580. The molecule has 0 bridgehead atoms. The lowest BCUT2D eigenvalue weighted by atomic mass is 10.2. The van der Waals surface area contributed by atoms with E-state index in [-0.39, 0.29) is 25.1 Å². The molecule has 0 saturated carbocycles. The number of benzene rings is 1. The van der Waals surface area contributed by atoms with E-state index in [2.05, 4.69) is 22.5 Å². The van der Waals surface area contributed by atoms with Crippen LogP contribution >= 0.6 is 0 Å². The number of aliphatic hydroxyl groups excluding tert-OH is 1. The van der Waals surface area contributed by atoms with Gasteiger partial charge in [0.05, 0.1) is 25.4 Å². The number of amides is 1. The predicted octanol–water partition coefficient (Wildman–Crippen LogP) is 1.48. The minimum absolute atomic E-state index is 0.0360. The second-order valence-electron chi connectivity index (χ2n) is 6.52. The zero-order valence-corrected chi connectivity index (χ0v) is 15.5. The number of aryl methyl sites for hydroxylation is 1. The maximum atomic E-state index is 12.1. The lowest BCUT2D eigenvalue weighted by Crippen LogP contribution is -2.40. The third-order valence-corrected chi connectivity index (χ3v) is 4.58.